The second kappa shape index (κ2) is 8.44. The number of benzene rings is 2. The van der Waals surface area contributed by atoms with E-state index in [1.807, 2.05) is 26.0 Å². The Hall–Kier alpha value is -3.93. The minimum Gasteiger partial charge on any atom is -0.496 e. The molecule has 0 atom stereocenters. The van der Waals surface area contributed by atoms with E-state index in [4.69, 9.17) is 9.15 Å². The molecule has 2 aromatic heterocycles. The van der Waals surface area contributed by atoms with E-state index in [2.05, 4.69) is 10.3 Å². The normalized spacial score (nSPS) is 11.5. The monoisotopic (exact) mass is 416 g/mol. The number of furan rings is 1. The number of anilines is 1. The van der Waals surface area contributed by atoms with Crippen molar-refractivity contribution in [2.45, 2.75) is 13.8 Å². The summed E-state index contributed by atoms with van der Waals surface area (Å²) in [5, 5.41) is 3.60. The molecule has 1 amide bonds. The largest absolute Gasteiger partial charge is 0.496 e. The van der Waals surface area contributed by atoms with Gasteiger partial charge in [0.1, 0.15) is 23.0 Å². The third-order valence-electron chi connectivity index (χ3n) is 4.99. The summed E-state index contributed by atoms with van der Waals surface area (Å²) in [5.74, 6) is 0.478. The lowest BCUT2D eigenvalue weighted by atomic mass is 9.99. The number of aromatic nitrogens is 1. The number of nitrogens with zero attached hydrogens (tertiary/aromatic N) is 1. The lowest BCUT2D eigenvalue weighted by Crippen LogP contribution is -2.10. The van der Waals surface area contributed by atoms with Crippen molar-refractivity contribution in [2.24, 2.45) is 0 Å². The number of rotatable bonds is 5. The Morgan fingerprint density at radius 3 is 2.61 bits per heavy atom. The molecule has 31 heavy (non-hydrogen) atoms. The molecule has 0 aliphatic heterocycles. The van der Waals surface area contributed by atoms with E-state index in [9.17, 15) is 9.18 Å². The summed E-state index contributed by atoms with van der Waals surface area (Å²) in [6.07, 6.45) is 4.83. The molecule has 0 radical (unpaired) electrons. The van der Waals surface area contributed by atoms with Crippen molar-refractivity contribution in [3.63, 3.8) is 0 Å². The Balaban J connectivity index is 1.70. The molecule has 0 unspecified atom stereocenters. The van der Waals surface area contributed by atoms with Crippen molar-refractivity contribution < 1.29 is 18.3 Å². The van der Waals surface area contributed by atoms with Crippen LogP contribution in [0.3, 0.4) is 0 Å². The van der Waals surface area contributed by atoms with Crippen molar-refractivity contribution >= 4 is 28.3 Å². The number of nitrogens with one attached hydrogen (secondary N) is 1. The lowest BCUT2D eigenvalue weighted by Gasteiger charge is -2.10. The second-order valence-electron chi connectivity index (χ2n) is 7.24. The van der Waals surface area contributed by atoms with Gasteiger partial charge in [-0.05, 0) is 54.8 Å². The Kier molecular flexibility index (Phi) is 5.54. The van der Waals surface area contributed by atoms with Crippen LogP contribution in [0.5, 0.6) is 5.75 Å². The maximum Gasteiger partial charge on any atom is 0.249 e. The number of fused-ring (bicyclic) bond motifs is 1. The number of carbonyl (C=O) groups is 1. The minimum atomic E-state index is -0.299. The van der Waals surface area contributed by atoms with Gasteiger partial charge in [0.2, 0.25) is 5.91 Å². The number of hydrogen-bond acceptors (Lipinski definition) is 4. The molecule has 4 aromatic rings. The van der Waals surface area contributed by atoms with Crippen LogP contribution >= 0.6 is 0 Å². The van der Waals surface area contributed by atoms with Crippen molar-refractivity contribution in [2.75, 3.05) is 12.4 Å². The molecule has 1 N–H and O–H groups in total. The van der Waals surface area contributed by atoms with Gasteiger partial charge < -0.3 is 14.5 Å². The number of hydrogen-bond donors (Lipinski definition) is 1. The van der Waals surface area contributed by atoms with E-state index < -0.39 is 0 Å². The fraction of sp³-hybridized carbons (Fsp3) is 0.120. The predicted molar refractivity (Wildman–Crippen MR) is 119 cm³/mol. The molecule has 0 fully saturated rings. The highest BCUT2D eigenvalue weighted by Gasteiger charge is 2.15. The van der Waals surface area contributed by atoms with Crippen LogP contribution in [-0.4, -0.2) is 18.0 Å². The van der Waals surface area contributed by atoms with Gasteiger partial charge in [-0.25, -0.2) is 9.37 Å². The number of carbonyl (C=O) groups excluding carboxylic acids is 1. The smallest absolute Gasteiger partial charge is 0.249 e. The Bertz CT molecular complexity index is 1270. The molecule has 0 bridgehead atoms. The molecule has 156 valence electrons. The zero-order valence-electron chi connectivity index (χ0n) is 17.4. The highest BCUT2D eigenvalue weighted by Crippen LogP contribution is 2.37. The first-order valence-electron chi connectivity index (χ1n) is 9.72. The van der Waals surface area contributed by atoms with Crippen LogP contribution in [0.25, 0.3) is 27.7 Å². The second-order valence-corrected chi connectivity index (χ2v) is 7.24. The third-order valence-corrected chi connectivity index (χ3v) is 4.99. The van der Waals surface area contributed by atoms with Crippen LogP contribution in [0.1, 0.15) is 18.1 Å². The van der Waals surface area contributed by atoms with E-state index >= 15 is 0 Å². The van der Waals surface area contributed by atoms with E-state index in [0.717, 1.165) is 33.2 Å². The predicted octanol–water partition coefficient (Wildman–Crippen LogP) is 5.99. The fourth-order valence-electron chi connectivity index (χ4n) is 3.36. The molecule has 6 heteroatoms. The van der Waals surface area contributed by atoms with Crippen LogP contribution in [0.2, 0.25) is 0 Å². The van der Waals surface area contributed by atoms with Gasteiger partial charge in [-0.1, -0.05) is 18.2 Å². The van der Waals surface area contributed by atoms with Crippen LogP contribution in [-0.2, 0) is 4.79 Å². The number of amides is 1. The first-order chi connectivity index (χ1) is 14.9. The highest BCUT2D eigenvalue weighted by atomic mass is 19.1. The van der Waals surface area contributed by atoms with Crippen LogP contribution < -0.4 is 10.1 Å². The van der Waals surface area contributed by atoms with Gasteiger partial charge >= 0.3 is 0 Å². The van der Waals surface area contributed by atoms with Gasteiger partial charge in [0.25, 0.3) is 0 Å². The van der Waals surface area contributed by atoms with Gasteiger partial charge in [-0.3, -0.25) is 4.79 Å². The maximum atomic E-state index is 13.3. The van der Waals surface area contributed by atoms with Gasteiger partial charge in [-0.2, -0.15) is 0 Å². The molecule has 2 aromatic carbocycles. The third kappa shape index (κ3) is 4.33. The van der Waals surface area contributed by atoms with Crippen LogP contribution in [0.4, 0.5) is 10.2 Å². The Morgan fingerprint density at radius 1 is 1.16 bits per heavy atom. The first-order valence-corrected chi connectivity index (χ1v) is 9.72. The average Bonchev–Trinajstić information content (AvgIpc) is 3.17. The summed E-state index contributed by atoms with van der Waals surface area (Å²) in [5.41, 5.74) is 4.79. The Labute approximate surface area is 179 Å². The Morgan fingerprint density at radius 2 is 1.94 bits per heavy atom. The maximum absolute atomic E-state index is 13.3. The quantitative estimate of drug-likeness (QED) is 0.406. The molecule has 2 heterocycles. The van der Waals surface area contributed by atoms with Crippen molar-refractivity contribution in [3.05, 3.63) is 84.0 Å². The van der Waals surface area contributed by atoms with Crippen LogP contribution in [0.15, 0.2) is 71.5 Å². The molecular weight excluding hydrogens is 395 g/mol. The number of aryl methyl sites for hydroxylation is 1. The molecule has 0 aliphatic rings. The number of pyridine rings is 1. The van der Waals surface area contributed by atoms with Crippen molar-refractivity contribution in [3.8, 4) is 16.9 Å². The molecular formula is C25H21FN2O3. The van der Waals surface area contributed by atoms with Gasteiger partial charge in [0.15, 0.2) is 0 Å². The number of methoxy groups -OCH3 is 1. The molecule has 0 spiro atoms. The van der Waals surface area contributed by atoms with E-state index in [1.54, 1.807) is 43.8 Å². The highest BCUT2D eigenvalue weighted by molar-refractivity contribution is 6.05. The van der Waals surface area contributed by atoms with E-state index in [-0.39, 0.29) is 11.7 Å². The summed E-state index contributed by atoms with van der Waals surface area (Å²) in [4.78, 5) is 16.7. The summed E-state index contributed by atoms with van der Waals surface area (Å²) in [6, 6.07) is 13.6. The van der Waals surface area contributed by atoms with Crippen molar-refractivity contribution in [1.82, 2.24) is 4.98 Å². The molecule has 0 aliphatic carbocycles. The summed E-state index contributed by atoms with van der Waals surface area (Å²) in [6.45, 7) is 3.77. The SMILES string of the molecule is COc1cc2occ(-c3ccc(F)cc3)c2cc1/C(C)=C/C(=O)Nc1ccc(C)cn1. The standard InChI is InChI=1S/C25H21FN2O3/c1-15-4-9-24(27-13-15)28-25(29)10-16(2)19-11-20-21(17-5-7-18(26)8-6-17)14-31-23(20)12-22(19)30-3/h4-14H,1-3H3,(H,27,28,29)/b16-10+. The zero-order chi connectivity index (χ0) is 22.0. The molecule has 4 rings (SSSR count). The number of halogens is 1. The average molecular weight is 416 g/mol. The van der Waals surface area contributed by atoms with E-state index in [1.165, 1.54) is 18.2 Å². The van der Waals surface area contributed by atoms with Gasteiger partial charge in [0.05, 0.1) is 13.4 Å². The van der Waals surface area contributed by atoms with Gasteiger partial charge in [0, 0.05) is 34.9 Å². The number of ether oxygens (including phenoxy) is 1. The molecule has 5 nitrogen and oxygen atoms in total. The lowest BCUT2D eigenvalue weighted by molar-refractivity contribution is -0.111. The molecule has 0 saturated heterocycles. The summed E-state index contributed by atoms with van der Waals surface area (Å²) in [7, 11) is 1.57. The van der Waals surface area contributed by atoms with Crippen molar-refractivity contribution in [1.29, 1.82) is 0 Å². The number of allylic oxidation sites excluding steroid dienone is 1. The summed E-state index contributed by atoms with van der Waals surface area (Å²) >= 11 is 0. The molecule has 0 saturated carbocycles. The zero-order valence-corrected chi connectivity index (χ0v) is 17.4. The van der Waals surface area contributed by atoms with Gasteiger partial charge in [-0.15, -0.1) is 0 Å². The van der Waals surface area contributed by atoms with Crippen LogP contribution in [0, 0.1) is 12.7 Å². The fourth-order valence-corrected chi connectivity index (χ4v) is 3.36. The minimum absolute atomic E-state index is 0.290. The summed E-state index contributed by atoms with van der Waals surface area (Å²) < 4.78 is 24.5. The van der Waals surface area contributed by atoms with E-state index in [0.29, 0.717) is 17.2 Å². The topological polar surface area (TPSA) is 64.4 Å². The first kappa shape index (κ1) is 20.3.